The van der Waals surface area contributed by atoms with Crippen molar-refractivity contribution in [2.75, 3.05) is 40.4 Å². The van der Waals surface area contributed by atoms with Gasteiger partial charge in [-0.05, 0) is 56.8 Å². The highest BCUT2D eigenvalue weighted by molar-refractivity contribution is 5.95. The van der Waals surface area contributed by atoms with Crippen LogP contribution in [0.2, 0.25) is 0 Å². The second-order valence-corrected chi connectivity index (χ2v) is 6.55. The van der Waals surface area contributed by atoms with Gasteiger partial charge < -0.3 is 19.7 Å². The molecule has 2 aliphatic heterocycles. The van der Waals surface area contributed by atoms with Crippen molar-refractivity contribution in [1.29, 1.82) is 0 Å². The molecule has 1 aromatic rings. The van der Waals surface area contributed by atoms with E-state index in [1.165, 1.54) is 0 Å². The number of hydrogen-bond donors (Lipinski definition) is 1. The van der Waals surface area contributed by atoms with E-state index in [-0.39, 0.29) is 5.91 Å². The third kappa shape index (κ3) is 3.15. The van der Waals surface area contributed by atoms with Gasteiger partial charge in [0.05, 0.1) is 14.2 Å². The first-order valence-electron chi connectivity index (χ1n) is 8.36. The van der Waals surface area contributed by atoms with Gasteiger partial charge in [0.15, 0.2) is 0 Å². The highest BCUT2D eigenvalue weighted by atomic mass is 16.5. The van der Waals surface area contributed by atoms with Crippen LogP contribution in [0.3, 0.4) is 0 Å². The van der Waals surface area contributed by atoms with Crippen molar-refractivity contribution in [3.63, 3.8) is 0 Å². The van der Waals surface area contributed by atoms with Gasteiger partial charge in [-0.2, -0.15) is 0 Å². The normalized spacial score (nSPS) is 24.0. The van der Waals surface area contributed by atoms with Crippen molar-refractivity contribution in [3.05, 3.63) is 23.3 Å². The van der Waals surface area contributed by atoms with E-state index in [0.29, 0.717) is 17.1 Å². The van der Waals surface area contributed by atoms with E-state index in [1.807, 2.05) is 24.0 Å². The van der Waals surface area contributed by atoms with Crippen LogP contribution in [-0.4, -0.2) is 51.2 Å². The Labute approximate surface area is 137 Å². The number of ether oxygens (including phenoxy) is 2. The number of likely N-dealkylation sites (tertiary alicyclic amines) is 1. The number of carbonyl (C=O) groups is 1. The number of amides is 1. The molecule has 2 saturated heterocycles. The molecule has 0 aromatic heterocycles. The van der Waals surface area contributed by atoms with Crippen molar-refractivity contribution in [2.24, 2.45) is 11.8 Å². The molecular weight excluding hydrogens is 292 g/mol. The van der Waals surface area contributed by atoms with Crippen LogP contribution < -0.4 is 14.8 Å². The van der Waals surface area contributed by atoms with Gasteiger partial charge in [-0.25, -0.2) is 0 Å². The molecule has 0 radical (unpaired) electrons. The van der Waals surface area contributed by atoms with E-state index >= 15 is 0 Å². The summed E-state index contributed by atoms with van der Waals surface area (Å²) in [6.07, 6.45) is 2.17. The number of benzene rings is 1. The summed E-state index contributed by atoms with van der Waals surface area (Å²) in [6, 6.07) is 3.65. The fraction of sp³-hybridized carbons (Fsp3) is 0.611. The summed E-state index contributed by atoms with van der Waals surface area (Å²) in [6.45, 7) is 5.80. The van der Waals surface area contributed by atoms with Crippen molar-refractivity contribution < 1.29 is 14.3 Å². The van der Waals surface area contributed by atoms with Crippen LogP contribution in [0.5, 0.6) is 11.5 Å². The van der Waals surface area contributed by atoms with Gasteiger partial charge in [0.2, 0.25) is 0 Å². The van der Waals surface area contributed by atoms with Crippen LogP contribution >= 0.6 is 0 Å². The molecule has 126 valence electrons. The lowest BCUT2D eigenvalue weighted by Gasteiger charge is -2.22. The fourth-order valence-corrected chi connectivity index (χ4v) is 3.81. The molecule has 2 aliphatic rings. The first kappa shape index (κ1) is 16.1. The van der Waals surface area contributed by atoms with Crippen molar-refractivity contribution in [1.82, 2.24) is 10.2 Å². The molecule has 3 rings (SSSR count). The standard InChI is InChI=1S/C18H26N2O3/c1-12-16(22-2)8-15(9-17(12)23-3)18(21)20-6-4-13-10-19-11-14(13)5-7-20/h8-9,13-14,19H,4-7,10-11H2,1-3H3/t13-,14+. The van der Waals surface area contributed by atoms with E-state index in [4.69, 9.17) is 9.47 Å². The van der Waals surface area contributed by atoms with Crippen molar-refractivity contribution in [3.8, 4) is 11.5 Å². The monoisotopic (exact) mass is 318 g/mol. The van der Waals surface area contributed by atoms with E-state index in [9.17, 15) is 4.79 Å². The number of rotatable bonds is 3. The Morgan fingerprint density at radius 2 is 1.61 bits per heavy atom. The van der Waals surface area contributed by atoms with E-state index in [2.05, 4.69) is 5.32 Å². The van der Waals surface area contributed by atoms with Crippen LogP contribution in [-0.2, 0) is 0 Å². The zero-order valence-corrected chi connectivity index (χ0v) is 14.2. The highest BCUT2D eigenvalue weighted by Crippen LogP contribution is 2.31. The molecule has 2 fully saturated rings. The van der Waals surface area contributed by atoms with E-state index in [1.54, 1.807) is 14.2 Å². The molecule has 1 aromatic carbocycles. The molecule has 0 bridgehead atoms. The average molecular weight is 318 g/mol. The Kier molecular flexibility index (Phi) is 4.76. The maximum Gasteiger partial charge on any atom is 0.254 e. The van der Waals surface area contributed by atoms with Crippen LogP contribution in [0.15, 0.2) is 12.1 Å². The number of nitrogens with one attached hydrogen (secondary N) is 1. The number of methoxy groups -OCH3 is 2. The summed E-state index contributed by atoms with van der Waals surface area (Å²) in [4.78, 5) is 14.9. The molecule has 23 heavy (non-hydrogen) atoms. The van der Waals surface area contributed by atoms with Crippen LogP contribution in [0, 0.1) is 18.8 Å². The fourth-order valence-electron chi connectivity index (χ4n) is 3.81. The summed E-state index contributed by atoms with van der Waals surface area (Å²) < 4.78 is 10.8. The van der Waals surface area contributed by atoms with E-state index < -0.39 is 0 Å². The molecule has 2 heterocycles. The maximum atomic E-state index is 12.9. The quantitative estimate of drug-likeness (QED) is 0.927. The maximum absolute atomic E-state index is 12.9. The van der Waals surface area contributed by atoms with Gasteiger partial charge in [-0.1, -0.05) is 0 Å². The Morgan fingerprint density at radius 1 is 1.09 bits per heavy atom. The van der Waals surface area contributed by atoms with Crippen molar-refractivity contribution >= 4 is 5.91 Å². The molecule has 5 nitrogen and oxygen atoms in total. The Bertz CT molecular complexity index is 549. The average Bonchev–Trinajstić information content (AvgIpc) is 2.93. The molecule has 0 aliphatic carbocycles. The zero-order chi connectivity index (χ0) is 16.4. The molecule has 0 spiro atoms. The first-order chi connectivity index (χ1) is 11.1. The van der Waals surface area contributed by atoms with Gasteiger partial charge in [0.1, 0.15) is 11.5 Å². The highest BCUT2D eigenvalue weighted by Gasteiger charge is 2.32. The number of fused-ring (bicyclic) bond motifs is 1. The summed E-state index contributed by atoms with van der Waals surface area (Å²) in [5.74, 6) is 2.91. The minimum Gasteiger partial charge on any atom is -0.496 e. The van der Waals surface area contributed by atoms with Crippen LogP contribution in [0.4, 0.5) is 0 Å². The van der Waals surface area contributed by atoms with Gasteiger partial charge in [-0.3, -0.25) is 4.79 Å². The Balaban J connectivity index is 1.80. The second-order valence-electron chi connectivity index (χ2n) is 6.55. The number of carbonyl (C=O) groups excluding carboxylic acids is 1. The molecule has 2 atom stereocenters. The molecule has 1 N–H and O–H groups in total. The van der Waals surface area contributed by atoms with E-state index in [0.717, 1.165) is 56.4 Å². The zero-order valence-electron chi connectivity index (χ0n) is 14.2. The minimum atomic E-state index is 0.0783. The molecule has 5 heteroatoms. The minimum absolute atomic E-state index is 0.0783. The van der Waals surface area contributed by atoms with Crippen molar-refractivity contribution in [2.45, 2.75) is 19.8 Å². The lowest BCUT2D eigenvalue weighted by Crippen LogP contribution is -2.32. The summed E-state index contributed by atoms with van der Waals surface area (Å²) >= 11 is 0. The third-order valence-electron chi connectivity index (χ3n) is 5.31. The van der Waals surface area contributed by atoms with Gasteiger partial charge in [0.25, 0.3) is 5.91 Å². The number of hydrogen-bond acceptors (Lipinski definition) is 4. The summed E-state index contributed by atoms with van der Waals surface area (Å²) in [5.41, 5.74) is 1.57. The molecular formula is C18H26N2O3. The lowest BCUT2D eigenvalue weighted by molar-refractivity contribution is 0.0757. The summed E-state index contributed by atoms with van der Waals surface area (Å²) in [5, 5.41) is 3.47. The van der Waals surface area contributed by atoms with Crippen LogP contribution in [0.1, 0.15) is 28.8 Å². The van der Waals surface area contributed by atoms with Crippen LogP contribution in [0.25, 0.3) is 0 Å². The van der Waals surface area contributed by atoms with Gasteiger partial charge in [0, 0.05) is 24.2 Å². The lowest BCUT2D eigenvalue weighted by atomic mass is 9.92. The van der Waals surface area contributed by atoms with Gasteiger partial charge in [-0.15, -0.1) is 0 Å². The SMILES string of the molecule is COc1cc(C(=O)N2CC[C@@H]3CNC[C@@H]3CC2)cc(OC)c1C. The number of nitrogens with zero attached hydrogens (tertiary/aromatic N) is 1. The van der Waals surface area contributed by atoms with Gasteiger partial charge >= 0.3 is 0 Å². The largest absolute Gasteiger partial charge is 0.496 e. The Morgan fingerprint density at radius 3 is 2.09 bits per heavy atom. The first-order valence-corrected chi connectivity index (χ1v) is 8.36. The molecule has 0 unspecified atom stereocenters. The summed E-state index contributed by atoms with van der Waals surface area (Å²) in [7, 11) is 3.24. The smallest absolute Gasteiger partial charge is 0.254 e. The predicted molar refractivity (Wildman–Crippen MR) is 89.3 cm³/mol. The Hall–Kier alpha value is -1.75. The topological polar surface area (TPSA) is 50.8 Å². The predicted octanol–water partition coefficient (Wildman–Crippen LogP) is 2.08. The third-order valence-corrected chi connectivity index (χ3v) is 5.31. The molecule has 1 amide bonds. The molecule has 0 saturated carbocycles. The second kappa shape index (κ2) is 6.79.